The predicted molar refractivity (Wildman–Crippen MR) is 139 cm³/mol. The first-order chi connectivity index (χ1) is 18.3. The topological polar surface area (TPSA) is 165 Å². The van der Waals surface area contributed by atoms with Crippen molar-refractivity contribution < 1.29 is 22.3 Å². The van der Waals surface area contributed by atoms with Crippen LogP contribution in [0.15, 0.2) is 89.3 Å². The highest BCUT2D eigenvalue weighted by molar-refractivity contribution is 7.87. The molecule has 13 heteroatoms. The van der Waals surface area contributed by atoms with Crippen LogP contribution in [0.4, 0.5) is 10.8 Å². The minimum atomic E-state index is -4.62. The maximum absolute atomic E-state index is 12.8. The second kappa shape index (κ2) is 11.4. The normalized spacial score (nSPS) is 11.4. The molecule has 0 aliphatic heterocycles. The number of carbonyl (C=O) groups excluding carboxylic acids is 1. The lowest BCUT2D eigenvalue weighted by Gasteiger charge is -2.10. The number of aromatic nitrogens is 2. The number of rotatable bonds is 9. The summed E-state index contributed by atoms with van der Waals surface area (Å²) in [6, 6.07) is 21.8. The Morgan fingerprint density at radius 1 is 1.05 bits per heavy atom. The number of nitrogens with one attached hydrogen (secondary N) is 1. The van der Waals surface area contributed by atoms with Gasteiger partial charge in [0.15, 0.2) is 4.90 Å². The summed E-state index contributed by atoms with van der Waals surface area (Å²) in [5, 5.41) is 32.2. The van der Waals surface area contributed by atoms with Crippen molar-refractivity contribution in [1.82, 2.24) is 10.2 Å². The average molecular weight is 548 g/mol. The Hall–Kier alpha value is -4.93. The quantitative estimate of drug-likeness (QED) is 0.105. The van der Waals surface area contributed by atoms with Gasteiger partial charge in [0.25, 0.3) is 11.6 Å². The van der Waals surface area contributed by atoms with Gasteiger partial charge < -0.3 is 4.18 Å². The molecule has 0 spiro atoms. The molecule has 0 aliphatic carbocycles. The molecule has 0 radical (unpaired) electrons. The van der Waals surface area contributed by atoms with E-state index in [4.69, 9.17) is 4.18 Å². The summed E-state index contributed by atoms with van der Waals surface area (Å²) in [6.07, 6.45) is 1.67. The molecule has 1 heterocycles. The van der Waals surface area contributed by atoms with Gasteiger partial charge in [0.05, 0.1) is 4.92 Å². The van der Waals surface area contributed by atoms with Gasteiger partial charge in [0, 0.05) is 18.1 Å². The molecule has 0 saturated carbocycles. The molecule has 0 atom stereocenters. The Morgan fingerprint density at radius 3 is 2.47 bits per heavy atom. The Balaban J connectivity index is 1.55. The maximum Gasteiger partial charge on any atom is 0.346 e. The van der Waals surface area contributed by atoms with Crippen LogP contribution in [0.5, 0.6) is 5.75 Å². The monoisotopic (exact) mass is 547 g/mol. The molecular formula is C25H17N5O6S2. The Kier molecular flexibility index (Phi) is 7.86. The van der Waals surface area contributed by atoms with Crippen molar-refractivity contribution in [2.75, 3.05) is 5.32 Å². The molecule has 4 rings (SSSR count). The number of para-hydroxylation sites is 2. The lowest BCUT2D eigenvalue weighted by atomic mass is 10.1. The summed E-state index contributed by atoms with van der Waals surface area (Å²) in [4.78, 5) is 22.6. The fourth-order valence-corrected chi connectivity index (χ4v) is 5.16. The molecule has 11 nitrogen and oxygen atoms in total. The van der Waals surface area contributed by atoms with Crippen LogP contribution in [-0.2, 0) is 21.3 Å². The highest BCUT2D eigenvalue weighted by Crippen LogP contribution is 2.29. The van der Waals surface area contributed by atoms with Crippen LogP contribution >= 0.6 is 11.3 Å². The van der Waals surface area contributed by atoms with Gasteiger partial charge in [-0.2, -0.15) is 13.7 Å². The zero-order valence-corrected chi connectivity index (χ0v) is 21.0. The van der Waals surface area contributed by atoms with E-state index >= 15 is 0 Å². The van der Waals surface area contributed by atoms with E-state index in [1.54, 1.807) is 12.1 Å². The molecule has 0 fully saturated rings. The second-order valence-electron chi connectivity index (χ2n) is 7.59. The number of benzene rings is 3. The fraction of sp³-hybridized carbons (Fsp3) is 0.0400. The van der Waals surface area contributed by atoms with Gasteiger partial charge in [0.2, 0.25) is 5.13 Å². The highest BCUT2D eigenvalue weighted by Gasteiger charge is 2.28. The summed E-state index contributed by atoms with van der Waals surface area (Å²) in [5.74, 6) is -1.02. The third-order valence-corrected chi connectivity index (χ3v) is 7.12. The first-order valence-electron chi connectivity index (χ1n) is 10.8. The van der Waals surface area contributed by atoms with E-state index in [0.29, 0.717) is 11.4 Å². The van der Waals surface area contributed by atoms with Gasteiger partial charge in [-0.25, -0.2) is 0 Å². The van der Waals surface area contributed by atoms with Crippen LogP contribution in [0.3, 0.4) is 0 Å². The summed E-state index contributed by atoms with van der Waals surface area (Å²) in [7, 11) is -4.62. The molecule has 0 aliphatic rings. The lowest BCUT2D eigenvalue weighted by molar-refractivity contribution is -0.387. The van der Waals surface area contributed by atoms with Gasteiger partial charge >= 0.3 is 10.1 Å². The van der Waals surface area contributed by atoms with Crippen molar-refractivity contribution in [3.63, 3.8) is 0 Å². The highest BCUT2D eigenvalue weighted by atomic mass is 32.2. The van der Waals surface area contributed by atoms with E-state index in [1.807, 2.05) is 30.3 Å². The standard InChI is InChI=1S/C25H17N5O6S2/c26-16-19(24(31)27-25-29-28-23(37-25)14-17-8-2-1-3-9-17)15-18-10-4-6-12-21(18)36-38(34,35)22-13-7-5-11-20(22)30(32)33/h1-13,15H,14H2,(H,27,29,31)/b19-15+. The van der Waals surface area contributed by atoms with Crippen molar-refractivity contribution in [3.8, 4) is 11.8 Å². The third kappa shape index (κ3) is 6.25. The van der Waals surface area contributed by atoms with Crippen molar-refractivity contribution in [1.29, 1.82) is 5.26 Å². The van der Waals surface area contributed by atoms with Crippen LogP contribution in [-0.4, -0.2) is 29.4 Å². The molecular weight excluding hydrogens is 530 g/mol. The van der Waals surface area contributed by atoms with E-state index in [9.17, 15) is 28.6 Å². The third-order valence-electron chi connectivity index (χ3n) is 5.00. The Morgan fingerprint density at radius 2 is 1.74 bits per heavy atom. The molecule has 1 amide bonds. The van der Waals surface area contributed by atoms with Gasteiger partial charge in [-0.3, -0.25) is 20.2 Å². The lowest BCUT2D eigenvalue weighted by Crippen LogP contribution is -2.14. The Bertz CT molecular complexity index is 1680. The average Bonchev–Trinajstić information content (AvgIpc) is 3.34. The van der Waals surface area contributed by atoms with Gasteiger partial charge in [-0.15, -0.1) is 10.2 Å². The number of carbonyl (C=O) groups is 1. The second-order valence-corrected chi connectivity index (χ2v) is 10.2. The van der Waals surface area contributed by atoms with Crippen LogP contribution in [0, 0.1) is 21.4 Å². The fourth-order valence-electron chi connectivity index (χ4n) is 3.27. The van der Waals surface area contributed by atoms with Crippen LogP contribution in [0.1, 0.15) is 16.1 Å². The van der Waals surface area contributed by atoms with Crippen molar-refractivity contribution >= 4 is 44.3 Å². The van der Waals surface area contributed by atoms with E-state index in [1.165, 1.54) is 30.3 Å². The van der Waals surface area contributed by atoms with Crippen LogP contribution < -0.4 is 9.50 Å². The number of amides is 1. The number of nitro benzene ring substituents is 1. The molecule has 1 aromatic heterocycles. The largest absolute Gasteiger partial charge is 0.378 e. The number of hydrogen-bond donors (Lipinski definition) is 1. The summed E-state index contributed by atoms with van der Waals surface area (Å²) < 4.78 is 30.8. The number of nitro groups is 1. The SMILES string of the molecule is N#C/C(=C\c1ccccc1OS(=O)(=O)c1ccccc1[N+](=O)[O-])C(=O)Nc1nnc(Cc2ccccc2)s1. The molecule has 1 N–H and O–H groups in total. The van der Waals surface area contributed by atoms with Crippen LogP contribution in [0.2, 0.25) is 0 Å². The van der Waals surface area contributed by atoms with Gasteiger partial charge in [0.1, 0.15) is 22.4 Å². The maximum atomic E-state index is 12.8. The van der Waals surface area contributed by atoms with Crippen molar-refractivity contribution in [2.24, 2.45) is 0 Å². The molecule has 3 aromatic carbocycles. The van der Waals surface area contributed by atoms with Crippen molar-refractivity contribution in [3.05, 3.63) is 111 Å². The zero-order valence-electron chi connectivity index (χ0n) is 19.3. The first kappa shape index (κ1) is 26.1. The minimum Gasteiger partial charge on any atom is -0.378 e. The minimum absolute atomic E-state index is 0.0865. The molecule has 0 unspecified atom stereocenters. The van der Waals surface area contributed by atoms with E-state index in [2.05, 4.69) is 15.5 Å². The van der Waals surface area contributed by atoms with Crippen LogP contribution in [0.25, 0.3) is 6.08 Å². The zero-order chi connectivity index (χ0) is 27.1. The van der Waals surface area contributed by atoms with E-state index in [-0.39, 0.29) is 22.0 Å². The predicted octanol–water partition coefficient (Wildman–Crippen LogP) is 4.35. The van der Waals surface area contributed by atoms with E-state index in [0.717, 1.165) is 35.1 Å². The summed E-state index contributed by atoms with van der Waals surface area (Å²) in [5.41, 5.74) is 0.0974. The molecule has 0 bridgehead atoms. The van der Waals surface area contributed by atoms with Gasteiger partial charge in [-0.05, 0) is 23.8 Å². The molecule has 4 aromatic rings. The molecule has 190 valence electrons. The number of nitrogens with zero attached hydrogens (tertiary/aromatic N) is 4. The number of anilines is 1. The summed E-state index contributed by atoms with van der Waals surface area (Å²) in [6.45, 7) is 0. The van der Waals surface area contributed by atoms with Gasteiger partial charge in [-0.1, -0.05) is 72.0 Å². The van der Waals surface area contributed by atoms with Crippen molar-refractivity contribution in [2.45, 2.75) is 11.3 Å². The van der Waals surface area contributed by atoms with E-state index < -0.39 is 31.5 Å². The first-order valence-corrected chi connectivity index (χ1v) is 13.1. The molecule has 38 heavy (non-hydrogen) atoms. The number of hydrogen-bond acceptors (Lipinski definition) is 10. The smallest absolute Gasteiger partial charge is 0.346 e. The summed E-state index contributed by atoms with van der Waals surface area (Å²) >= 11 is 1.15. The molecule has 0 saturated heterocycles. The Labute approximate surface area is 220 Å². The number of nitriles is 1.